The molecule has 1 amide bonds. The zero-order valence-corrected chi connectivity index (χ0v) is 10.3. The molecule has 1 aromatic rings. The van der Waals surface area contributed by atoms with E-state index < -0.39 is 11.7 Å². The first kappa shape index (κ1) is 13.5. The summed E-state index contributed by atoms with van der Waals surface area (Å²) in [7, 11) is 0. The summed E-state index contributed by atoms with van der Waals surface area (Å²) in [6.45, 7) is 4.04. The second-order valence-electron chi connectivity index (χ2n) is 4.07. The minimum atomic E-state index is -0.575. The highest BCUT2D eigenvalue weighted by Gasteiger charge is 2.17. The van der Waals surface area contributed by atoms with Gasteiger partial charge < -0.3 is 11.1 Å². The summed E-state index contributed by atoms with van der Waals surface area (Å²) in [6.07, 6.45) is 2.69. The van der Waals surface area contributed by atoms with Crippen molar-refractivity contribution >= 4 is 11.6 Å². The topological polar surface area (TPSA) is 55.1 Å². The monoisotopic (exact) mass is 238 g/mol. The molecular weight excluding hydrogens is 219 g/mol. The van der Waals surface area contributed by atoms with Crippen LogP contribution in [0.5, 0.6) is 0 Å². The van der Waals surface area contributed by atoms with Crippen molar-refractivity contribution in [3.8, 4) is 0 Å². The van der Waals surface area contributed by atoms with Gasteiger partial charge in [0.1, 0.15) is 5.82 Å². The number of halogens is 1. The molecule has 0 saturated carbocycles. The van der Waals surface area contributed by atoms with Crippen LogP contribution in [-0.2, 0) is 0 Å². The third-order valence-electron chi connectivity index (χ3n) is 2.74. The Balaban J connectivity index is 2.82. The lowest BCUT2D eigenvalue weighted by molar-refractivity contribution is 0.0930. The number of nitrogen functional groups attached to an aromatic ring is 1. The van der Waals surface area contributed by atoms with Gasteiger partial charge in [-0.25, -0.2) is 4.39 Å². The summed E-state index contributed by atoms with van der Waals surface area (Å²) in [6, 6.07) is 4.33. The zero-order chi connectivity index (χ0) is 12.8. The van der Waals surface area contributed by atoms with Crippen LogP contribution in [0.25, 0.3) is 0 Å². The van der Waals surface area contributed by atoms with Crippen molar-refractivity contribution in [3.63, 3.8) is 0 Å². The van der Waals surface area contributed by atoms with E-state index in [-0.39, 0.29) is 17.3 Å². The fourth-order valence-electron chi connectivity index (χ4n) is 1.76. The summed E-state index contributed by atoms with van der Waals surface area (Å²) < 4.78 is 13.5. The van der Waals surface area contributed by atoms with Crippen LogP contribution in [0.3, 0.4) is 0 Å². The highest BCUT2D eigenvalue weighted by atomic mass is 19.1. The molecule has 0 aromatic heterocycles. The predicted octanol–water partition coefficient (Wildman–Crippen LogP) is 2.72. The van der Waals surface area contributed by atoms with Gasteiger partial charge in [-0.05, 0) is 25.0 Å². The molecule has 0 spiro atoms. The van der Waals surface area contributed by atoms with Crippen molar-refractivity contribution < 1.29 is 9.18 Å². The van der Waals surface area contributed by atoms with Crippen LogP contribution in [0.1, 0.15) is 43.5 Å². The van der Waals surface area contributed by atoms with Gasteiger partial charge in [-0.1, -0.05) is 26.3 Å². The number of benzene rings is 1. The average molecular weight is 238 g/mol. The van der Waals surface area contributed by atoms with Crippen LogP contribution in [0.15, 0.2) is 18.2 Å². The molecule has 0 aliphatic heterocycles. The number of hydrogen-bond donors (Lipinski definition) is 2. The summed E-state index contributed by atoms with van der Waals surface area (Å²) in [5, 5.41) is 2.81. The average Bonchev–Trinajstić information content (AvgIpc) is 2.28. The molecule has 0 bridgehead atoms. The molecule has 3 N–H and O–H groups in total. The molecule has 0 aliphatic carbocycles. The number of rotatable bonds is 5. The van der Waals surface area contributed by atoms with E-state index in [0.717, 1.165) is 19.3 Å². The van der Waals surface area contributed by atoms with Gasteiger partial charge in [0.25, 0.3) is 5.91 Å². The Bertz CT molecular complexity index is 373. The van der Waals surface area contributed by atoms with E-state index >= 15 is 0 Å². The predicted molar refractivity (Wildman–Crippen MR) is 67.3 cm³/mol. The van der Waals surface area contributed by atoms with E-state index in [1.54, 1.807) is 0 Å². The van der Waals surface area contributed by atoms with Crippen LogP contribution in [0.2, 0.25) is 0 Å². The fraction of sp³-hybridized carbons (Fsp3) is 0.462. The van der Waals surface area contributed by atoms with E-state index in [1.165, 1.54) is 18.2 Å². The van der Waals surface area contributed by atoms with E-state index in [9.17, 15) is 9.18 Å². The lowest BCUT2D eigenvalue weighted by atomic mass is 10.1. The minimum Gasteiger partial charge on any atom is -0.398 e. The zero-order valence-electron chi connectivity index (χ0n) is 10.3. The molecule has 0 heterocycles. The Morgan fingerprint density at radius 1 is 1.47 bits per heavy atom. The van der Waals surface area contributed by atoms with Gasteiger partial charge in [0.2, 0.25) is 0 Å². The maximum absolute atomic E-state index is 13.5. The first-order valence-corrected chi connectivity index (χ1v) is 5.95. The van der Waals surface area contributed by atoms with E-state index in [1.807, 2.05) is 13.8 Å². The van der Waals surface area contributed by atoms with Crippen molar-refractivity contribution in [1.82, 2.24) is 5.32 Å². The van der Waals surface area contributed by atoms with Crippen molar-refractivity contribution in [3.05, 3.63) is 29.6 Å². The molecule has 0 aliphatic rings. The summed E-state index contributed by atoms with van der Waals surface area (Å²) in [5.41, 5.74) is 5.73. The number of hydrogen-bond acceptors (Lipinski definition) is 2. The Labute approximate surface area is 101 Å². The molecule has 0 fully saturated rings. The minimum absolute atomic E-state index is 0.0537. The van der Waals surface area contributed by atoms with Crippen LogP contribution < -0.4 is 11.1 Å². The summed E-state index contributed by atoms with van der Waals surface area (Å²) >= 11 is 0. The highest BCUT2D eigenvalue weighted by Crippen LogP contribution is 2.16. The van der Waals surface area contributed by atoms with Gasteiger partial charge in [0.05, 0.1) is 5.56 Å². The number of anilines is 1. The van der Waals surface area contributed by atoms with Gasteiger partial charge in [-0.3, -0.25) is 4.79 Å². The Morgan fingerprint density at radius 2 is 2.18 bits per heavy atom. The lowest BCUT2D eigenvalue weighted by Crippen LogP contribution is -2.35. The van der Waals surface area contributed by atoms with E-state index in [4.69, 9.17) is 5.73 Å². The van der Waals surface area contributed by atoms with Crippen molar-refractivity contribution in [2.75, 3.05) is 5.73 Å². The number of nitrogens with two attached hydrogens (primary N) is 1. The van der Waals surface area contributed by atoms with Crippen molar-refractivity contribution in [2.45, 2.75) is 39.2 Å². The van der Waals surface area contributed by atoms with Gasteiger partial charge in [0, 0.05) is 11.7 Å². The molecule has 3 nitrogen and oxygen atoms in total. The normalized spacial score (nSPS) is 12.2. The maximum atomic E-state index is 13.5. The molecule has 4 heteroatoms. The van der Waals surface area contributed by atoms with Crippen molar-refractivity contribution in [2.24, 2.45) is 0 Å². The number of amides is 1. The van der Waals surface area contributed by atoms with Gasteiger partial charge >= 0.3 is 0 Å². The largest absolute Gasteiger partial charge is 0.398 e. The molecule has 0 saturated heterocycles. The molecular formula is C13H19FN2O. The van der Waals surface area contributed by atoms with Gasteiger partial charge in [-0.15, -0.1) is 0 Å². The third-order valence-corrected chi connectivity index (χ3v) is 2.74. The standard InChI is InChI=1S/C13H19FN2O/c1-3-6-9(4-2)16-13(17)12-10(14)7-5-8-11(12)15/h5,7-9H,3-4,6,15H2,1-2H3,(H,16,17). The van der Waals surface area contributed by atoms with Crippen LogP contribution in [0.4, 0.5) is 10.1 Å². The molecule has 17 heavy (non-hydrogen) atoms. The molecule has 1 atom stereocenters. The van der Waals surface area contributed by atoms with Crippen LogP contribution in [0, 0.1) is 5.82 Å². The van der Waals surface area contributed by atoms with Gasteiger partial charge in [0.15, 0.2) is 0 Å². The highest BCUT2D eigenvalue weighted by molar-refractivity contribution is 5.99. The van der Waals surface area contributed by atoms with Crippen LogP contribution >= 0.6 is 0 Å². The third kappa shape index (κ3) is 3.44. The molecule has 1 rings (SSSR count). The Kier molecular flexibility index (Phi) is 4.94. The Morgan fingerprint density at radius 3 is 2.71 bits per heavy atom. The van der Waals surface area contributed by atoms with E-state index in [2.05, 4.69) is 5.32 Å². The molecule has 94 valence electrons. The molecule has 1 unspecified atom stereocenters. The number of carbonyl (C=O) groups excluding carboxylic acids is 1. The number of nitrogens with one attached hydrogen (secondary N) is 1. The fourth-order valence-corrected chi connectivity index (χ4v) is 1.76. The molecule has 0 radical (unpaired) electrons. The van der Waals surface area contributed by atoms with Gasteiger partial charge in [-0.2, -0.15) is 0 Å². The smallest absolute Gasteiger partial charge is 0.256 e. The second-order valence-corrected chi connectivity index (χ2v) is 4.07. The maximum Gasteiger partial charge on any atom is 0.256 e. The number of carbonyl (C=O) groups is 1. The quantitative estimate of drug-likeness (QED) is 0.775. The second kappa shape index (κ2) is 6.23. The summed E-state index contributed by atoms with van der Waals surface area (Å²) in [4.78, 5) is 11.9. The SMILES string of the molecule is CCCC(CC)NC(=O)c1c(N)cccc1F. The summed E-state index contributed by atoms with van der Waals surface area (Å²) in [5.74, 6) is -1.00. The van der Waals surface area contributed by atoms with E-state index in [0.29, 0.717) is 0 Å². The molecule has 1 aromatic carbocycles. The lowest BCUT2D eigenvalue weighted by Gasteiger charge is -2.17. The van der Waals surface area contributed by atoms with Crippen molar-refractivity contribution in [1.29, 1.82) is 0 Å². The van der Waals surface area contributed by atoms with Crippen LogP contribution in [-0.4, -0.2) is 11.9 Å². The Hall–Kier alpha value is -1.58. The first-order chi connectivity index (χ1) is 8.10. The first-order valence-electron chi connectivity index (χ1n) is 5.95.